The first kappa shape index (κ1) is 24.7. The van der Waals surface area contributed by atoms with E-state index in [1.807, 2.05) is 36.4 Å². The monoisotopic (exact) mass is 480 g/mol. The standard InChI is InChI=1S/C27H32N2O6/c1-4-27(16-34-3,23(30)28-26(2,24(31)32)17-13-14-17)29-25(33)35-15-22-20-11-7-5-9-18(20)19-10-6-8-12-21(19)22/h5-12,17,22H,4,13-16H2,1-3H3,(H,28,30)(H,29,33)(H,31,32). The fraction of sp³-hybridized carbons (Fsp3) is 0.444. The van der Waals surface area contributed by atoms with Crippen molar-refractivity contribution >= 4 is 18.0 Å². The number of methoxy groups -OCH3 is 1. The molecule has 0 aromatic heterocycles. The number of benzene rings is 2. The lowest BCUT2D eigenvalue weighted by Crippen LogP contribution is -2.66. The van der Waals surface area contributed by atoms with Crippen molar-refractivity contribution < 1.29 is 29.0 Å². The van der Waals surface area contributed by atoms with E-state index in [1.54, 1.807) is 6.92 Å². The third-order valence-corrected chi connectivity index (χ3v) is 7.33. The van der Waals surface area contributed by atoms with Gasteiger partial charge >= 0.3 is 12.1 Å². The van der Waals surface area contributed by atoms with Gasteiger partial charge in [0.2, 0.25) is 5.91 Å². The van der Waals surface area contributed by atoms with Crippen LogP contribution in [0.2, 0.25) is 0 Å². The van der Waals surface area contributed by atoms with Crippen LogP contribution in [0.1, 0.15) is 50.2 Å². The zero-order valence-corrected chi connectivity index (χ0v) is 20.3. The quantitative estimate of drug-likeness (QED) is 0.478. The number of nitrogens with one attached hydrogen (secondary N) is 2. The molecule has 1 fully saturated rings. The second-order valence-corrected chi connectivity index (χ2v) is 9.56. The zero-order valence-electron chi connectivity index (χ0n) is 20.3. The molecule has 1 saturated carbocycles. The number of alkyl carbamates (subject to hydrolysis) is 1. The fourth-order valence-electron chi connectivity index (χ4n) is 4.93. The Morgan fingerprint density at radius 1 is 1.00 bits per heavy atom. The van der Waals surface area contributed by atoms with E-state index >= 15 is 0 Å². The van der Waals surface area contributed by atoms with Gasteiger partial charge in [-0.3, -0.25) is 4.79 Å². The molecule has 0 aliphatic heterocycles. The second kappa shape index (κ2) is 9.70. The molecule has 2 aromatic carbocycles. The summed E-state index contributed by atoms with van der Waals surface area (Å²) in [6.45, 7) is 3.21. The van der Waals surface area contributed by atoms with E-state index < -0.39 is 29.0 Å². The summed E-state index contributed by atoms with van der Waals surface area (Å²) in [6.07, 6.45) is 0.889. The molecule has 2 aliphatic rings. The summed E-state index contributed by atoms with van der Waals surface area (Å²) >= 11 is 0. The number of hydrogen-bond acceptors (Lipinski definition) is 5. The first-order chi connectivity index (χ1) is 16.8. The van der Waals surface area contributed by atoms with Crippen LogP contribution in [0.3, 0.4) is 0 Å². The molecule has 0 radical (unpaired) electrons. The number of hydrogen-bond donors (Lipinski definition) is 3. The minimum atomic E-state index is -1.47. The molecule has 2 atom stereocenters. The molecule has 2 unspecified atom stereocenters. The minimum absolute atomic E-state index is 0.100. The lowest BCUT2D eigenvalue weighted by atomic mass is 9.90. The highest BCUT2D eigenvalue weighted by Crippen LogP contribution is 2.44. The van der Waals surface area contributed by atoms with Crippen LogP contribution in [-0.4, -0.2) is 54.5 Å². The van der Waals surface area contributed by atoms with Crippen molar-refractivity contribution in [2.24, 2.45) is 5.92 Å². The zero-order chi connectivity index (χ0) is 25.2. The number of carboxylic acids is 1. The molecule has 3 N–H and O–H groups in total. The van der Waals surface area contributed by atoms with E-state index in [0.29, 0.717) is 0 Å². The predicted octanol–water partition coefficient (Wildman–Crippen LogP) is 3.69. The van der Waals surface area contributed by atoms with Gasteiger partial charge in [0.15, 0.2) is 0 Å². The van der Waals surface area contributed by atoms with Gasteiger partial charge in [-0.2, -0.15) is 0 Å². The van der Waals surface area contributed by atoms with Gasteiger partial charge in [-0.1, -0.05) is 55.5 Å². The highest BCUT2D eigenvalue weighted by Gasteiger charge is 2.51. The van der Waals surface area contributed by atoms with E-state index in [1.165, 1.54) is 14.0 Å². The van der Waals surface area contributed by atoms with Gasteiger partial charge in [-0.25, -0.2) is 9.59 Å². The highest BCUT2D eigenvalue weighted by atomic mass is 16.5. The van der Waals surface area contributed by atoms with Gasteiger partial charge in [-0.15, -0.1) is 0 Å². The van der Waals surface area contributed by atoms with E-state index in [4.69, 9.17) is 9.47 Å². The Balaban J connectivity index is 1.49. The van der Waals surface area contributed by atoms with Gasteiger partial charge in [0, 0.05) is 13.0 Å². The van der Waals surface area contributed by atoms with E-state index in [2.05, 4.69) is 22.8 Å². The molecule has 0 saturated heterocycles. The summed E-state index contributed by atoms with van der Waals surface area (Å²) in [7, 11) is 1.42. The molecule has 35 heavy (non-hydrogen) atoms. The average Bonchev–Trinajstić information content (AvgIpc) is 3.66. The Morgan fingerprint density at radius 2 is 1.57 bits per heavy atom. The lowest BCUT2D eigenvalue weighted by molar-refractivity contribution is -0.149. The number of rotatable bonds is 10. The van der Waals surface area contributed by atoms with Crippen LogP contribution in [0, 0.1) is 5.92 Å². The van der Waals surface area contributed by atoms with E-state index in [0.717, 1.165) is 35.1 Å². The number of fused-ring (bicyclic) bond motifs is 3. The topological polar surface area (TPSA) is 114 Å². The van der Waals surface area contributed by atoms with Crippen molar-refractivity contribution in [2.45, 2.75) is 50.1 Å². The van der Waals surface area contributed by atoms with Crippen LogP contribution >= 0.6 is 0 Å². The Bertz CT molecular complexity index is 1080. The SMILES string of the molecule is CCC(COC)(NC(=O)OCC1c2ccccc2-c2ccccc21)C(=O)NC(C)(C(=O)O)C1CC1. The summed E-state index contributed by atoms with van der Waals surface area (Å²) in [5.74, 6) is -1.97. The maximum absolute atomic E-state index is 13.3. The maximum Gasteiger partial charge on any atom is 0.408 e. The molecule has 8 nitrogen and oxygen atoms in total. The number of ether oxygens (including phenoxy) is 2. The predicted molar refractivity (Wildman–Crippen MR) is 130 cm³/mol. The summed E-state index contributed by atoms with van der Waals surface area (Å²) in [4.78, 5) is 38.2. The van der Waals surface area contributed by atoms with Gasteiger partial charge in [0.1, 0.15) is 17.7 Å². The molecular formula is C27H32N2O6. The van der Waals surface area contributed by atoms with Crippen molar-refractivity contribution in [2.75, 3.05) is 20.3 Å². The van der Waals surface area contributed by atoms with Gasteiger partial charge in [0.25, 0.3) is 0 Å². The first-order valence-corrected chi connectivity index (χ1v) is 11.9. The number of carbonyl (C=O) groups excluding carboxylic acids is 2. The molecular weight excluding hydrogens is 448 g/mol. The maximum atomic E-state index is 13.3. The second-order valence-electron chi connectivity index (χ2n) is 9.56. The Morgan fingerprint density at radius 3 is 2.06 bits per heavy atom. The van der Waals surface area contributed by atoms with Crippen molar-refractivity contribution in [1.82, 2.24) is 10.6 Å². The number of carbonyl (C=O) groups is 3. The molecule has 2 amide bonds. The van der Waals surface area contributed by atoms with Gasteiger partial charge in [0.05, 0.1) is 6.61 Å². The summed E-state index contributed by atoms with van der Waals surface area (Å²) in [5, 5.41) is 15.1. The summed E-state index contributed by atoms with van der Waals surface area (Å²) < 4.78 is 10.9. The fourth-order valence-corrected chi connectivity index (χ4v) is 4.93. The molecule has 0 heterocycles. The summed E-state index contributed by atoms with van der Waals surface area (Å²) in [5.41, 5.74) is 1.52. The van der Waals surface area contributed by atoms with E-state index in [9.17, 15) is 19.5 Å². The molecule has 186 valence electrons. The first-order valence-electron chi connectivity index (χ1n) is 11.9. The van der Waals surface area contributed by atoms with Crippen LogP contribution < -0.4 is 10.6 Å². The highest BCUT2D eigenvalue weighted by molar-refractivity contribution is 5.94. The third-order valence-electron chi connectivity index (χ3n) is 7.33. The largest absolute Gasteiger partial charge is 0.480 e. The Kier molecular flexibility index (Phi) is 6.85. The number of aliphatic carboxylic acids is 1. The lowest BCUT2D eigenvalue weighted by Gasteiger charge is -2.35. The molecule has 4 rings (SSSR count). The molecule has 0 bridgehead atoms. The summed E-state index contributed by atoms with van der Waals surface area (Å²) in [6, 6.07) is 16.1. The van der Waals surface area contributed by atoms with E-state index in [-0.39, 0.29) is 31.5 Å². The van der Waals surface area contributed by atoms with Crippen molar-refractivity contribution in [3.8, 4) is 11.1 Å². The van der Waals surface area contributed by atoms with Crippen LogP contribution in [-0.2, 0) is 19.1 Å². The third kappa shape index (κ3) is 4.62. The smallest absolute Gasteiger partial charge is 0.408 e. The molecule has 8 heteroatoms. The van der Waals surface area contributed by atoms with Gasteiger partial charge < -0.3 is 25.2 Å². The minimum Gasteiger partial charge on any atom is -0.480 e. The van der Waals surface area contributed by atoms with Crippen molar-refractivity contribution in [1.29, 1.82) is 0 Å². The van der Waals surface area contributed by atoms with Crippen molar-refractivity contribution in [3.05, 3.63) is 59.7 Å². The molecule has 2 aliphatic carbocycles. The molecule has 2 aromatic rings. The Labute approximate surface area is 205 Å². The number of carboxylic acid groups (broad SMARTS) is 1. The number of amides is 2. The van der Waals surface area contributed by atoms with Crippen molar-refractivity contribution in [3.63, 3.8) is 0 Å². The van der Waals surface area contributed by atoms with Crippen LogP contribution in [0.5, 0.6) is 0 Å². The molecule has 0 spiro atoms. The normalized spacial score (nSPS) is 17.9. The van der Waals surface area contributed by atoms with Crippen LogP contribution in [0.25, 0.3) is 11.1 Å². The average molecular weight is 481 g/mol. The van der Waals surface area contributed by atoms with Crippen LogP contribution in [0.4, 0.5) is 4.79 Å². The Hall–Kier alpha value is -3.39. The van der Waals surface area contributed by atoms with Crippen LogP contribution in [0.15, 0.2) is 48.5 Å². The van der Waals surface area contributed by atoms with Gasteiger partial charge in [-0.05, 0) is 54.4 Å².